The van der Waals surface area contributed by atoms with Crippen LogP contribution in [0.15, 0.2) is 0 Å². The van der Waals surface area contributed by atoms with Crippen LogP contribution in [0.2, 0.25) is 0 Å². The monoisotopic (exact) mass is 245 g/mol. The molecule has 2 N–H and O–H groups in total. The van der Waals surface area contributed by atoms with E-state index >= 15 is 0 Å². The van der Waals surface area contributed by atoms with Crippen molar-refractivity contribution in [3.05, 3.63) is 0 Å². The van der Waals surface area contributed by atoms with Gasteiger partial charge in [0.15, 0.2) is 0 Å². The number of aliphatic hydroxyl groups is 2. The van der Waals surface area contributed by atoms with E-state index in [0.29, 0.717) is 13.0 Å². The largest absolute Gasteiger partial charge is 0.444 e. The molecule has 0 radical (unpaired) electrons. The van der Waals surface area contributed by atoms with Crippen molar-refractivity contribution in [1.82, 2.24) is 4.90 Å². The van der Waals surface area contributed by atoms with Gasteiger partial charge >= 0.3 is 6.09 Å². The van der Waals surface area contributed by atoms with Gasteiger partial charge in [0.2, 0.25) is 0 Å². The highest BCUT2D eigenvalue weighted by molar-refractivity contribution is 5.68. The fourth-order valence-corrected chi connectivity index (χ4v) is 2.03. The number of rotatable bonds is 2. The minimum atomic E-state index is -0.523. The molecule has 0 saturated carbocycles. The minimum absolute atomic E-state index is 0.0876. The van der Waals surface area contributed by atoms with Crippen molar-refractivity contribution in [1.29, 1.82) is 0 Å². The maximum absolute atomic E-state index is 11.9. The molecule has 5 nitrogen and oxygen atoms in total. The van der Waals surface area contributed by atoms with E-state index in [1.807, 2.05) is 20.8 Å². The number of aliphatic hydroxyl groups excluding tert-OH is 2. The number of carbonyl (C=O) groups excluding carboxylic acids is 1. The lowest BCUT2D eigenvalue weighted by Crippen LogP contribution is -2.50. The standard InChI is InChI=1S/C12H23NO4/c1-12(2,3)17-11(16)13-5-4-9(7-14)6-10(13)8-15/h9-10,14-15H,4-8H2,1-3H3/t9-,10+/m1/s1. The Morgan fingerprint density at radius 2 is 2.00 bits per heavy atom. The molecule has 0 aromatic carbocycles. The van der Waals surface area contributed by atoms with Gasteiger partial charge in [-0.3, -0.25) is 0 Å². The summed E-state index contributed by atoms with van der Waals surface area (Å²) in [5.74, 6) is 0.172. The van der Waals surface area contributed by atoms with Gasteiger partial charge in [0, 0.05) is 13.2 Å². The van der Waals surface area contributed by atoms with E-state index in [4.69, 9.17) is 9.84 Å². The van der Waals surface area contributed by atoms with Crippen LogP contribution in [-0.2, 0) is 4.74 Å². The molecule has 0 bridgehead atoms. The summed E-state index contributed by atoms with van der Waals surface area (Å²) in [6.07, 6.45) is 1.01. The zero-order valence-corrected chi connectivity index (χ0v) is 10.8. The number of hydrogen-bond acceptors (Lipinski definition) is 4. The molecule has 0 unspecified atom stereocenters. The highest BCUT2D eigenvalue weighted by Gasteiger charge is 2.33. The lowest BCUT2D eigenvalue weighted by atomic mass is 9.92. The number of carbonyl (C=O) groups is 1. The minimum Gasteiger partial charge on any atom is -0.444 e. The van der Waals surface area contributed by atoms with Crippen molar-refractivity contribution in [3.63, 3.8) is 0 Å². The van der Waals surface area contributed by atoms with E-state index in [0.717, 1.165) is 6.42 Å². The van der Waals surface area contributed by atoms with E-state index < -0.39 is 5.60 Å². The zero-order valence-electron chi connectivity index (χ0n) is 10.8. The van der Waals surface area contributed by atoms with Crippen molar-refractivity contribution in [2.75, 3.05) is 19.8 Å². The third-order valence-corrected chi connectivity index (χ3v) is 2.92. The normalized spacial score (nSPS) is 25.8. The Kier molecular flexibility index (Phi) is 4.77. The molecular weight excluding hydrogens is 222 g/mol. The summed E-state index contributed by atoms with van der Waals surface area (Å²) < 4.78 is 5.29. The van der Waals surface area contributed by atoms with Gasteiger partial charge in [0.1, 0.15) is 5.60 Å². The van der Waals surface area contributed by atoms with Crippen molar-refractivity contribution in [2.45, 2.75) is 45.3 Å². The molecule has 1 saturated heterocycles. The van der Waals surface area contributed by atoms with Crippen LogP contribution in [0.5, 0.6) is 0 Å². The molecule has 0 aliphatic carbocycles. The van der Waals surface area contributed by atoms with Crippen LogP contribution in [0.3, 0.4) is 0 Å². The number of ether oxygens (including phenoxy) is 1. The van der Waals surface area contributed by atoms with Gasteiger partial charge in [-0.05, 0) is 39.5 Å². The third-order valence-electron chi connectivity index (χ3n) is 2.92. The Morgan fingerprint density at radius 3 is 2.47 bits per heavy atom. The van der Waals surface area contributed by atoms with Gasteiger partial charge in [0.05, 0.1) is 12.6 Å². The van der Waals surface area contributed by atoms with Crippen LogP contribution in [0.4, 0.5) is 4.79 Å². The van der Waals surface area contributed by atoms with Crippen LogP contribution in [-0.4, -0.2) is 52.6 Å². The molecule has 100 valence electrons. The molecule has 5 heteroatoms. The van der Waals surface area contributed by atoms with Crippen LogP contribution in [0.25, 0.3) is 0 Å². The molecule has 0 aromatic heterocycles. The van der Waals surface area contributed by atoms with Gasteiger partial charge in [-0.1, -0.05) is 0 Å². The summed E-state index contributed by atoms with van der Waals surface area (Å²) in [5.41, 5.74) is -0.523. The van der Waals surface area contributed by atoms with Gasteiger partial charge in [-0.15, -0.1) is 0 Å². The molecule has 1 rings (SSSR count). The number of piperidine rings is 1. The van der Waals surface area contributed by atoms with Gasteiger partial charge in [0.25, 0.3) is 0 Å². The Bertz CT molecular complexity index is 262. The van der Waals surface area contributed by atoms with E-state index in [1.54, 1.807) is 4.90 Å². The zero-order chi connectivity index (χ0) is 13.1. The topological polar surface area (TPSA) is 70.0 Å². The first-order valence-electron chi connectivity index (χ1n) is 6.08. The Balaban J connectivity index is 2.60. The predicted molar refractivity (Wildman–Crippen MR) is 63.6 cm³/mol. The number of hydrogen-bond donors (Lipinski definition) is 2. The molecular formula is C12H23NO4. The predicted octanol–water partition coefficient (Wildman–Crippen LogP) is 0.987. The van der Waals surface area contributed by atoms with Crippen molar-refractivity contribution >= 4 is 6.09 Å². The van der Waals surface area contributed by atoms with E-state index in [-0.39, 0.29) is 31.3 Å². The summed E-state index contributed by atoms with van der Waals surface area (Å²) in [5, 5.41) is 18.4. The van der Waals surface area contributed by atoms with Gasteiger partial charge in [-0.2, -0.15) is 0 Å². The van der Waals surface area contributed by atoms with Crippen LogP contribution >= 0.6 is 0 Å². The lowest BCUT2D eigenvalue weighted by molar-refractivity contribution is -0.00889. The maximum Gasteiger partial charge on any atom is 0.410 e. The maximum atomic E-state index is 11.9. The number of nitrogens with zero attached hydrogens (tertiary/aromatic N) is 1. The molecule has 0 spiro atoms. The van der Waals surface area contributed by atoms with Crippen LogP contribution in [0, 0.1) is 5.92 Å². The molecule has 17 heavy (non-hydrogen) atoms. The number of likely N-dealkylation sites (tertiary alicyclic amines) is 1. The Morgan fingerprint density at radius 1 is 1.35 bits per heavy atom. The van der Waals surface area contributed by atoms with E-state index in [1.165, 1.54) is 0 Å². The second-order valence-electron chi connectivity index (χ2n) is 5.58. The lowest BCUT2D eigenvalue weighted by Gasteiger charge is -2.38. The second kappa shape index (κ2) is 5.69. The average molecular weight is 245 g/mol. The molecule has 1 fully saturated rings. The highest BCUT2D eigenvalue weighted by atomic mass is 16.6. The third kappa shape index (κ3) is 4.16. The summed E-state index contributed by atoms with van der Waals surface area (Å²) in [6, 6.07) is -0.240. The summed E-state index contributed by atoms with van der Waals surface area (Å²) in [6.45, 7) is 6.01. The Hall–Kier alpha value is -0.810. The Labute approximate surface area is 102 Å². The quantitative estimate of drug-likeness (QED) is 0.761. The summed E-state index contributed by atoms with van der Waals surface area (Å²) >= 11 is 0. The first kappa shape index (κ1) is 14.3. The first-order chi connectivity index (χ1) is 7.87. The van der Waals surface area contributed by atoms with Gasteiger partial charge < -0.3 is 19.8 Å². The van der Waals surface area contributed by atoms with Crippen molar-refractivity contribution < 1.29 is 19.7 Å². The molecule has 1 aliphatic heterocycles. The molecule has 1 heterocycles. The van der Waals surface area contributed by atoms with Crippen molar-refractivity contribution in [3.8, 4) is 0 Å². The first-order valence-corrected chi connectivity index (χ1v) is 6.08. The van der Waals surface area contributed by atoms with Gasteiger partial charge in [-0.25, -0.2) is 4.79 Å². The molecule has 1 aliphatic rings. The number of amides is 1. The molecule has 0 aromatic rings. The van der Waals surface area contributed by atoms with E-state index in [2.05, 4.69) is 0 Å². The SMILES string of the molecule is CC(C)(C)OC(=O)N1CC[C@@H](CO)C[C@H]1CO. The van der Waals surface area contributed by atoms with Crippen LogP contribution < -0.4 is 0 Å². The fourth-order valence-electron chi connectivity index (χ4n) is 2.03. The van der Waals surface area contributed by atoms with Crippen LogP contribution in [0.1, 0.15) is 33.6 Å². The smallest absolute Gasteiger partial charge is 0.410 e. The average Bonchev–Trinajstić information content (AvgIpc) is 2.25. The fraction of sp³-hybridized carbons (Fsp3) is 0.917. The highest BCUT2D eigenvalue weighted by Crippen LogP contribution is 2.24. The molecule has 2 atom stereocenters. The summed E-state index contributed by atoms with van der Waals surface area (Å²) in [7, 11) is 0. The van der Waals surface area contributed by atoms with Crippen molar-refractivity contribution in [2.24, 2.45) is 5.92 Å². The van der Waals surface area contributed by atoms with E-state index in [9.17, 15) is 9.90 Å². The molecule has 1 amide bonds. The second-order valence-corrected chi connectivity index (χ2v) is 5.58. The summed E-state index contributed by atoms with van der Waals surface area (Å²) in [4.78, 5) is 13.5.